The largest absolute Gasteiger partial charge is 0.349 e. The van der Waals surface area contributed by atoms with E-state index in [0.717, 1.165) is 24.8 Å². The molecule has 21 heavy (non-hydrogen) atoms. The highest BCUT2D eigenvalue weighted by Gasteiger charge is 2.17. The van der Waals surface area contributed by atoms with Crippen LogP contribution in [0.25, 0.3) is 5.57 Å². The fraction of sp³-hybridized carbons (Fsp3) is 0.211. The first-order valence-electron chi connectivity index (χ1n) is 7.43. The molecular formula is C19H19NO. The molecule has 1 amide bonds. The third-order valence-electron chi connectivity index (χ3n) is 3.93. The van der Waals surface area contributed by atoms with E-state index in [-0.39, 0.29) is 11.9 Å². The van der Waals surface area contributed by atoms with E-state index in [0.29, 0.717) is 0 Å². The summed E-state index contributed by atoms with van der Waals surface area (Å²) in [6, 6.07) is 20.1. The molecule has 1 atom stereocenters. The lowest BCUT2D eigenvalue weighted by molar-refractivity contribution is 0.0935. The van der Waals surface area contributed by atoms with Crippen molar-refractivity contribution in [1.29, 1.82) is 0 Å². The number of nitrogens with one attached hydrogen (secondary N) is 1. The maximum Gasteiger partial charge on any atom is 0.251 e. The molecule has 1 N–H and O–H groups in total. The minimum atomic E-state index is 0.0251. The Morgan fingerprint density at radius 1 is 0.952 bits per heavy atom. The molecule has 2 aromatic carbocycles. The summed E-state index contributed by atoms with van der Waals surface area (Å²) < 4.78 is 0. The van der Waals surface area contributed by atoms with Gasteiger partial charge in [-0.1, -0.05) is 54.6 Å². The van der Waals surface area contributed by atoms with E-state index in [4.69, 9.17) is 0 Å². The maximum atomic E-state index is 12.1. The quantitative estimate of drug-likeness (QED) is 0.901. The normalized spacial score (nSPS) is 17.9. The molecule has 3 rings (SSSR count). The smallest absolute Gasteiger partial charge is 0.251 e. The molecule has 1 aliphatic carbocycles. The van der Waals surface area contributed by atoms with Crippen LogP contribution >= 0.6 is 0 Å². The molecule has 0 fully saturated rings. The molecule has 0 spiro atoms. The van der Waals surface area contributed by atoms with Gasteiger partial charge >= 0.3 is 0 Å². The Labute approximate surface area is 125 Å². The Bertz CT molecular complexity index is 631. The summed E-state index contributed by atoms with van der Waals surface area (Å²) in [7, 11) is 0. The van der Waals surface area contributed by atoms with E-state index in [1.54, 1.807) is 0 Å². The van der Waals surface area contributed by atoms with E-state index in [1.807, 2.05) is 36.4 Å². The number of hydrogen-bond donors (Lipinski definition) is 1. The third kappa shape index (κ3) is 3.40. The Morgan fingerprint density at radius 3 is 2.24 bits per heavy atom. The minimum absolute atomic E-state index is 0.0251. The second-order valence-corrected chi connectivity index (χ2v) is 5.41. The predicted octanol–water partition coefficient (Wildman–Crippen LogP) is 4.05. The average Bonchev–Trinajstić information content (AvgIpc) is 2.57. The summed E-state index contributed by atoms with van der Waals surface area (Å²) in [5, 5.41) is 3.12. The SMILES string of the molecule is O=C(NC1CC=C(c2ccccc2)CC1)c1ccccc1. The minimum Gasteiger partial charge on any atom is -0.349 e. The summed E-state index contributed by atoms with van der Waals surface area (Å²) in [5.74, 6) is 0.0251. The van der Waals surface area contributed by atoms with Crippen LogP contribution in [-0.2, 0) is 0 Å². The van der Waals surface area contributed by atoms with E-state index in [2.05, 4.69) is 35.7 Å². The Balaban J connectivity index is 1.61. The van der Waals surface area contributed by atoms with E-state index in [9.17, 15) is 4.79 Å². The molecule has 2 nitrogen and oxygen atoms in total. The van der Waals surface area contributed by atoms with Gasteiger partial charge < -0.3 is 5.32 Å². The fourth-order valence-electron chi connectivity index (χ4n) is 2.74. The van der Waals surface area contributed by atoms with Gasteiger partial charge in [0.05, 0.1) is 0 Å². The highest BCUT2D eigenvalue weighted by Crippen LogP contribution is 2.26. The van der Waals surface area contributed by atoms with Crippen LogP contribution < -0.4 is 5.32 Å². The number of hydrogen-bond acceptors (Lipinski definition) is 1. The summed E-state index contributed by atoms with van der Waals surface area (Å²) in [6.45, 7) is 0. The molecule has 0 radical (unpaired) electrons. The molecule has 0 saturated carbocycles. The van der Waals surface area contributed by atoms with Crippen molar-refractivity contribution in [1.82, 2.24) is 5.32 Å². The van der Waals surface area contributed by atoms with Crippen LogP contribution in [0, 0.1) is 0 Å². The van der Waals surface area contributed by atoms with Gasteiger partial charge in [-0.25, -0.2) is 0 Å². The number of carbonyl (C=O) groups excluding carboxylic acids is 1. The van der Waals surface area contributed by atoms with Gasteiger partial charge in [-0.15, -0.1) is 0 Å². The van der Waals surface area contributed by atoms with E-state index in [1.165, 1.54) is 11.1 Å². The van der Waals surface area contributed by atoms with Crippen LogP contribution in [0.2, 0.25) is 0 Å². The molecule has 0 saturated heterocycles. The molecule has 1 aliphatic rings. The van der Waals surface area contributed by atoms with Crippen molar-refractivity contribution in [3.8, 4) is 0 Å². The topological polar surface area (TPSA) is 29.1 Å². The summed E-state index contributed by atoms with van der Waals surface area (Å²) >= 11 is 0. The standard InChI is InChI=1S/C19H19NO/c21-19(17-9-5-2-6-10-17)20-18-13-11-16(12-14-18)15-7-3-1-4-8-15/h1-11,18H,12-14H2,(H,20,21). The van der Waals surface area contributed by atoms with Gasteiger partial charge in [-0.05, 0) is 42.5 Å². The van der Waals surface area contributed by atoms with Crippen LogP contribution in [0.15, 0.2) is 66.7 Å². The van der Waals surface area contributed by atoms with Gasteiger partial charge in [0.15, 0.2) is 0 Å². The predicted molar refractivity (Wildman–Crippen MR) is 86.0 cm³/mol. The average molecular weight is 277 g/mol. The number of allylic oxidation sites excluding steroid dienone is 1. The first kappa shape index (κ1) is 13.6. The van der Waals surface area contributed by atoms with E-state index < -0.39 is 0 Å². The summed E-state index contributed by atoms with van der Waals surface area (Å²) in [5.41, 5.74) is 3.42. The van der Waals surface area contributed by atoms with Crippen molar-refractivity contribution < 1.29 is 4.79 Å². The van der Waals surface area contributed by atoms with E-state index >= 15 is 0 Å². The van der Waals surface area contributed by atoms with Crippen LogP contribution in [0.4, 0.5) is 0 Å². The second kappa shape index (κ2) is 6.40. The van der Waals surface area contributed by atoms with Gasteiger partial charge in [0.1, 0.15) is 0 Å². The van der Waals surface area contributed by atoms with Crippen LogP contribution in [0.3, 0.4) is 0 Å². The molecule has 1 unspecified atom stereocenters. The molecule has 0 aliphatic heterocycles. The summed E-state index contributed by atoms with van der Waals surface area (Å²) in [4.78, 5) is 12.1. The molecule has 0 heterocycles. The summed E-state index contributed by atoms with van der Waals surface area (Å²) in [6.07, 6.45) is 5.18. The first-order valence-corrected chi connectivity index (χ1v) is 7.43. The molecule has 0 bridgehead atoms. The zero-order chi connectivity index (χ0) is 14.5. The van der Waals surface area contributed by atoms with Gasteiger partial charge in [-0.2, -0.15) is 0 Å². The maximum absolute atomic E-state index is 12.1. The Hall–Kier alpha value is -2.35. The lowest BCUT2D eigenvalue weighted by Gasteiger charge is -2.23. The van der Waals surface area contributed by atoms with Crippen molar-refractivity contribution in [3.05, 3.63) is 77.9 Å². The molecule has 2 heteroatoms. The van der Waals surface area contributed by atoms with Crippen LogP contribution in [0.5, 0.6) is 0 Å². The zero-order valence-corrected chi connectivity index (χ0v) is 12.0. The lowest BCUT2D eigenvalue weighted by atomic mass is 9.90. The van der Waals surface area contributed by atoms with Crippen LogP contribution in [0.1, 0.15) is 35.2 Å². The number of amides is 1. The van der Waals surface area contributed by atoms with Crippen molar-refractivity contribution >= 4 is 11.5 Å². The highest BCUT2D eigenvalue weighted by atomic mass is 16.1. The number of carbonyl (C=O) groups is 1. The van der Waals surface area contributed by atoms with Gasteiger partial charge in [0.25, 0.3) is 5.91 Å². The zero-order valence-electron chi connectivity index (χ0n) is 12.0. The van der Waals surface area contributed by atoms with Crippen molar-refractivity contribution in [2.75, 3.05) is 0 Å². The van der Waals surface area contributed by atoms with Gasteiger partial charge in [-0.3, -0.25) is 4.79 Å². The molecular weight excluding hydrogens is 258 g/mol. The van der Waals surface area contributed by atoms with Crippen molar-refractivity contribution in [3.63, 3.8) is 0 Å². The van der Waals surface area contributed by atoms with Crippen molar-refractivity contribution in [2.24, 2.45) is 0 Å². The molecule has 0 aromatic heterocycles. The van der Waals surface area contributed by atoms with Crippen LogP contribution in [-0.4, -0.2) is 11.9 Å². The number of rotatable bonds is 3. The second-order valence-electron chi connectivity index (χ2n) is 5.41. The van der Waals surface area contributed by atoms with Crippen molar-refractivity contribution in [2.45, 2.75) is 25.3 Å². The fourth-order valence-corrected chi connectivity index (χ4v) is 2.74. The highest BCUT2D eigenvalue weighted by molar-refractivity contribution is 5.94. The van der Waals surface area contributed by atoms with Gasteiger partial charge in [0.2, 0.25) is 0 Å². The monoisotopic (exact) mass is 277 g/mol. The first-order chi connectivity index (χ1) is 10.3. The Morgan fingerprint density at radius 2 is 1.62 bits per heavy atom. The molecule has 2 aromatic rings. The van der Waals surface area contributed by atoms with Gasteiger partial charge in [0, 0.05) is 11.6 Å². The number of benzene rings is 2. The third-order valence-corrected chi connectivity index (χ3v) is 3.93. The Kier molecular flexibility index (Phi) is 4.15. The molecule has 106 valence electrons. The lowest BCUT2D eigenvalue weighted by Crippen LogP contribution is -2.35.